The van der Waals surface area contributed by atoms with Crippen LogP contribution in [0.15, 0.2) is 36.4 Å². The number of nitrogens with two attached hydrogens (primary N) is 1. The second-order valence-electron chi connectivity index (χ2n) is 8.47. The summed E-state index contributed by atoms with van der Waals surface area (Å²) in [7, 11) is 0. The summed E-state index contributed by atoms with van der Waals surface area (Å²) < 4.78 is 44.1. The van der Waals surface area contributed by atoms with Crippen molar-refractivity contribution in [3.63, 3.8) is 0 Å². The second-order valence-corrected chi connectivity index (χ2v) is 8.47. The van der Waals surface area contributed by atoms with Crippen LogP contribution in [0.2, 0.25) is 0 Å². The fourth-order valence-electron chi connectivity index (χ4n) is 4.18. The van der Waals surface area contributed by atoms with E-state index in [2.05, 4.69) is 31.7 Å². The van der Waals surface area contributed by atoms with Gasteiger partial charge in [0.2, 0.25) is 0 Å². The third-order valence-corrected chi connectivity index (χ3v) is 6.44. The molecule has 180 valence electrons. The lowest BCUT2D eigenvalue weighted by Crippen LogP contribution is -2.49. The molecule has 8 heteroatoms. The van der Waals surface area contributed by atoms with E-state index in [9.17, 15) is 18.0 Å². The average Bonchev–Trinajstić information content (AvgIpc) is 2.81. The van der Waals surface area contributed by atoms with Gasteiger partial charge in [-0.15, -0.1) is 0 Å². The van der Waals surface area contributed by atoms with Gasteiger partial charge < -0.3 is 15.4 Å². The van der Waals surface area contributed by atoms with E-state index in [0.717, 1.165) is 29.9 Å². The van der Waals surface area contributed by atoms with Crippen LogP contribution in [-0.4, -0.2) is 55.0 Å². The fraction of sp³-hybridized carbons (Fsp3) is 0.480. The predicted molar refractivity (Wildman–Crippen MR) is 122 cm³/mol. The highest BCUT2D eigenvalue weighted by atomic mass is 19.4. The monoisotopic (exact) mass is 463 g/mol. The van der Waals surface area contributed by atoms with Gasteiger partial charge in [-0.2, -0.15) is 13.2 Å². The number of benzene rings is 2. The van der Waals surface area contributed by atoms with Crippen molar-refractivity contribution in [1.82, 2.24) is 9.80 Å². The Hall–Kier alpha value is -2.58. The van der Waals surface area contributed by atoms with Gasteiger partial charge in [-0.25, -0.2) is 0 Å². The van der Waals surface area contributed by atoms with E-state index >= 15 is 0 Å². The van der Waals surface area contributed by atoms with E-state index in [1.54, 1.807) is 4.90 Å². The molecule has 0 spiro atoms. The summed E-state index contributed by atoms with van der Waals surface area (Å²) in [6.45, 7) is 9.96. The molecule has 1 aliphatic rings. The molecule has 0 bridgehead atoms. The van der Waals surface area contributed by atoms with Gasteiger partial charge in [-0.1, -0.05) is 6.07 Å². The van der Waals surface area contributed by atoms with Gasteiger partial charge in [0, 0.05) is 37.8 Å². The molecule has 0 aliphatic carbocycles. The Morgan fingerprint density at radius 2 is 1.67 bits per heavy atom. The van der Waals surface area contributed by atoms with E-state index in [4.69, 9.17) is 10.5 Å². The Labute approximate surface area is 193 Å². The van der Waals surface area contributed by atoms with Crippen molar-refractivity contribution < 1.29 is 22.7 Å². The van der Waals surface area contributed by atoms with Crippen molar-refractivity contribution >= 4 is 5.91 Å². The minimum absolute atomic E-state index is 0.171. The Morgan fingerprint density at radius 3 is 2.24 bits per heavy atom. The van der Waals surface area contributed by atoms with Gasteiger partial charge in [0.1, 0.15) is 5.75 Å². The van der Waals surface area contributed by atoms with Crippen LogP contribution in [-0.2, 0) is 6.18 Å². The molecule has 2 aromatic rings. The first kappa shape index (κ1) is 25.1. The summed E-state index contributed by atoms with van der Waals surface area (Å²) >= 11 is 0. The van der Waals surface area contributed by atoms with Crippen molar-refractivity contribution in [3.8, 4) is 5.75 Å². The SMILES string of the molecule is Cc1c(OCCCN)ccc([C@@H](C)N2CCN(C(=O)c3ccc(C(F)(F)F)cc3)CC2)c1C. The first-order valence-electron chi connectivity index (χ1n) is 11.3. The van der Waals surface area contributed by atoms with Crippen LogP contribution in [0.1, 0.15) is 52.0 Å². The van der Waals surface area contributed by atoms with Gasteiger partial charge in [-0.3, -0.25) is 9.69 Å². The minimum Gasteiger partial charge on any atom is -0.493 e. The summed E-state index contributed by atoms with van der Waals surface area (Å²) in [5, 5.41) is 0. The van der Waals surface area contributed by atoms with Crippen molar-refractivity contribution in [2.24, 2.45) is 5.73 Å². The maximum absolute atomic E-state index is 12.8. The van der Waals surface area contributed by atoms with Crippen molar-refractivity contribution in [1.29, 1.82) is 0 Å². The zero-order valence-corrected chi connectivity index (χ0v) is 19.4. The molecule has 2 N–H and O–H groups in total. The number of alkyl halides is 3. The number of carbonyl (C=O) groups is 1. The first-order valence-corrected chi connectivity index (χ1v) is 11.3. The Morgan fingerprint density at radius 1 is 1.03 bits per heavy atom. The third kappa shape index (κ3) is 5.86. The normalized spacial score (nSPS) is 16.0. The Bertz CT molecular complexity index is 953. The molecule has 1 amide bonds. The Balaban J connectivity index is 1.61. The van der Waals surface area contributed by atoms with E-state index in [-0.39, 0.29) is 17.5 Å². The molecule has 1 heterocycles. The van der Waals surface area contributed by atoms with Crippen LogP contribution >= 0.6 is 0 Å². The topological polar surface area (TPSA) is 58.8 Å². The summed E-state index contributed by atoms with van der Waals surface area (Å²) in [6, 6.07) is 8.71. The molecule has 3 rings (SSSR count). The molecule has 0 aromatic heterocycles. The summed E-state index contributed by atoms with van der Waals surface area (Å²) in [5.74, 6) is 0.644. The van der Waals surface area contributed by atoms with Crippen LogP contribution in [0.3, 0.4) is 0 Å². The van der Waals surface area contributed by atoms with Gasteiger partial charge >= 0.3 is 6.18 Å². The zero-order chi connectivity index (χ0) is 24.2. The molecule has 1 atom stereocenters. The van der Waals surface area contributed by atoms with Gasteiger partial charge in [0.15, 0.2) is 0 Å². The summed E-state index contributed by atoms with van der Waals surface area (Å²) in [4.78, 5) is 16.8. The van der Waals surface area contributed by atoms with E-state index in [1.807, 2.05) is 6.07 Å². The molecule has 2 aromatic carbocycles. The van der Waals surface area contributed by atoms with Crippen molar-refractivity contribution in [2.75, 3.05) is 39.3 Å². The van der Waals surface area contributed by atoms with Gasteiger partial charge in [-0.05, 0) is 80.8 Å². The lowest BCUT2D eigenvalue weighted by atomic mass is 9.96. The van der Waals surface area contributed by atoms with Crippen LogP contribution in [0.4, 0.5) is 13.2 Å². The zero-order valence-electron chi connectivity index (χ0n) is 19.4. The number of hydrogen-bond acceptors (Lipinski definition) is 4. The van der Waals surface area contributed by atoms with Crippen LogP contribution in [0, 0.1) is 13.8 Å². The molecule has 1 saturated heterocycles. The number of halogens is 3. The largest absolute Gasteiger partial charge is 0.493 e. The lowest BCUT2D eigenvalue weighted by Gasteiger charge is -2.39. The maximum Gasteiger partial charge on any atom is 0.416 e. The number of rotatable bonds is 7. The number of piperazine rings is 1. The quantitative estimate of drug-likeness (QED) is 0.612. The molecular formula is C25H32F3N3O2. The van der Waals surface area contributed by atoms with Crippen LogP contribution in [0.25, 0.3) is 0 Å². The molecular weight excluding hydrogens is 431 g/mol. The van der Waals surface area contributed by atoms with Crippen molar-refractivity contribution in [3.05, 3.63) is 64.2 Å². The molecule has 0 radical (unpaired) electrons. The predicted octanol–water partition coefficient (Wildman–Crippen LogP) is 4.57. The summed E-state index contributed by atoms with van der Waals surface area (Å²) in [6.07, 6.45) is -3.60. The first-order chi connectivity index (χ1) is 15.6. The highest BCUT2D eigenvalue weighted by Gasteiger charge is 2.31. The number of hydrogen-bond donors (Lipinski definition) is 1. The maximum atomic E-state index is 12.8. The standard InChI is InChI=1S/C25H32F3N3O2/c1-17-18(2)23(33-16-4-11-29)10-9-22(17)19(3)30-12-14-31(15-13-30)24(32)20-5-7-21(8-6-20)25(26,27)28/h5-10,19H,4,11-16,29H2,1-3H3/t19-/m1/s1. The number of carbonyl (C=O) groups excluding carboxylic acids is 1. The van der Waals surface area contributed by atoms with Gasteiger partial charge in [0.05, 0.1) is 12.2 Å². The fourth-order valence-corrected chi connectivity index (χ4v) is 4.18. The van der Waals surface area contributed by atoms with Crippen LogP contribution < -0.4 is 10.5 Å². The second kappa shape index (κ2) is 10.6. The smallest absolute Gasteiger partial charge is 0.416 e. The van der Waals surface area contributed by atoms with Crippen molar-refractivity contribution in [2.45, 2.75) is 39.4 Å². The molecule has 5 nitrogen and oxygen atoms in total. The number of amides is 1. The molecule has 0 saturated carbocycles. The number of ether oxygens (including phenoxy) is 1. The average molecular weight is 464 g/mol. The molecule has 0 unspecified atom stereocenters. The van der Waals surface area contributed by atoms with E-state index in [0.29, 0.717) is 39.3 Å². The Kier molecular flexibility index (Phi) is 8.02. The minimum atomic E-state index is -4.41. The van der Waals surface area contributed by atoms with E-state index < -0.39 is 11.7 Å². The van der Waals surface area contributed by atoms with E-state index in [1.165, 1.54) is 23.3 Å². The molecule has 1 fully saturated rings. The highest BCUT2D eigenvalue weighted by molar-refractivity contribution is 5.94. The lowest BCUT2D eigenvalue weighted by molar-refractivity contribution is -0.137. The number of nitrogens with zero attached hydrogens (tertiary/aromatic N) is 2. The molecule has 1 aliphatic heterocycles. The molecule has 33 heavy (non-hydrogen) atoms. The van der Waals surface area contributed by atoms with Crippen LogP contribution in [0.5, 0.6) is 5.75 Å². The highest BCUT2D eigenvalue weighted by Crippen LogP contribution is 2.32. The van der Waals surface area contributed by atoms with Gasteiger partial charge in [0.25, 0.3) is 5.91 Å². The third-order valence-electron chi connectivity index (χ3n) is 6.44. The summed E-state index contributed by atoms with van der Waals surface area (Å²) in [5.41, 5.74) is 8.60.